The number of H-pyrrole nitrogens is 1. The van der Waals surface area contributed by atoms with Crippen LogP contribution in [0, 0.1) is 11.3 Å². The van der Waals surface area contributed by atoms with Gasteiger partial charge in [0.1, 0.15) is 11.6 Å². The fourth-order valence-corrected chi connectivity index (χ4v) is 3.69. The van der Waals surface area contributed by atoms with Crippen LogP contribution in [-0.4, -0.2) is 30.8 Å². The minimum atomic E-state index is -0.360. The van der Waals surface area contributed by atoms with Gasteiger partial charge in [-0.15, -0.1) is 0 Å². The fraction of sp³-hybridized carbons (Fsp3) is 0.444. The van der Waals surface area contributed by atoms with Gasteiger partial charge in [0.05, 0.1) is 16.8 Å². The van der Waals surface area contributed by atoms with Gasteiger partial charge >= 0.3 is 0 Å². The highest BCUT2D eigenvalue weighted by atomic mass is 35.5. The summed E-state index contributed by atoms with van der Waals surface area (Å²) >= 11 is 6.14. The van der Waals surface area contributed by atoms with Gasteiger partial charge in [-0.25, -0.2) is 0 Å². The third kappa shape index (κ3) is 2.77. The first kappa shape index (κ1) is 16.8. The number of halogens is 1. The topological polar surface area (TPSA) is 69.1 Å². The van der Waals surface area contributed by atoms with Gasteiger partial charge in [-0.3, -0.25) is 4.79 Å². The van der Waals surface area contributed by atoms with Crippen molar-refractivity contribution in [3.63, 3.8) is 0 Å². The predicted octanol–water partition coefficient (Wildman–Crippen LogP) is 3.45. The molecule has 2 heterocycles. The Morgan fingerprint density at radius 2 is 2.12 bits per heavy atom. The Morgan fingerprint density at radius 1 is 1.42 bits per heavy atom. The first-order valence-corrected chi connectivity index (χ1v) is 8.47. The molecule has 0 saturated carbocycles. The molecule has 1 aromatic heterocycles. The van der Waals surface area contributed by atoms with Gasteiger partial charge in [0.2, 0.25) is 0 Å². The second-order valence-electron chi connectivity index (χ2n) is 6.21. The number of piperidine rings is 1. The minimum Gasteiger partial charge on any atom is -0.378 e. The summed E-state index contributed by atoms with van der Waals surface area (Å²) in [5.74, 6) is 0. The number of methoxy groups -OCH3 is 1. The Balaban J connectivity index is 2.11. The van der Waals surface area contributed by atoms with Gasteiger partial charge in [0.25, 0.3) is 5.56 Å². The summed E-state index contributed by atoms with van der Waals surface area (Å²) in [6.45, 7) is 3.60. The molecule has 1 aliphatic rings. The largest absolute Gasteiger partial charge is 0.378 e. The Hall–Kier alpha value is -2.03. The summed E-state index contributed by atoms with van der Waals surface area (Å²) in [5.41, 5.74) is 1.04. The number of ether oxygens (including phenoxy) is 1. The number of rotatable bonds is 3. The van der Waals surface area contributed by atoms with Crippen LogP contribution >= 0.6 is 11.6 Å². The van der Waals surface area contributed by atoms with Crippen molar-refractivity contribution in [2.75, 3.05) is 25.1 Å². The Kier molecular flexibility index (Phi) is 4.53. The maximum Gasteiger partial charge on any atom is 0.268 e. The van der Waals surface area contributed by atoms with Crippen molar-refractivity contribution >= 4 is 28.2 Å². The van der Waals surface area contributed by atoms with Gasteiger partial charge in [-0.05, 0) is 37.5 Å². The summed E-state index contributed by atoms with van der Waals surface area (Å²) in [5, 5.41) is 10.9. The van der Waals surface area contributed by atoms with E-state index in [9.17, 15) is 10.1 Å². The number of hydrogen-bond donors (Lipinski definition) is 1. The lowest BCUT2D eigenvalue weighted by Crippen LogP contribution is -2.46. The quantitative estimate of drug-likeness (QED) is 0.925. The molecule has 24 heavy (non-hydrogen) atoms. The first-order valence-electron chi connectivity index (χ1n) is 8.09. The summed E-state index contributed by atoms with van der Waals surface area (Å²) in [4.78, 5) is 17.2. The molecule has 0 atom stereocenters. The number of hydrogen-bond acceptors (Lipinski definition) is 4. The molecular weight excluding hydrogens is 326 g/mol. The molecule has 0 bridgehead atoms. The SMILES string of the molecule is CCC1(OC)CCN(c2c(C#N)c(=O)[nH]c3ccc(Cl)cc23)CC1. The maximum atomic E-state index is 12.3. The normalized spacial score (nSPS) is 17.0. The molecule has 1 aromatic carbocycles. The Labute approximate surface area is 145 Å². The van der Waals surface area contributed by atoms with Crippen LogP contribution in [0.15, 0.2) is 23.0 Å². The number of fused-ring (bicyclic) bond motifs is 1. The van der Waals surface area contributed by atoms with E-state index in [4.69, 9.17) is 16.3 Å². The number of aromatic amines is 1. The fourth-order valence-electron chi connectivity index (χ4n) is 3.52. The van der Waals surface area contributed by atoms with Crippen LogP contribution in [-0.2, 0) is 4.74 Å². The molecule has 126 valence electrons. The van der Waals surface area contributed by atoms with E-state index in [1.807, 2.05) is 0 Å². The molecule has 1 fully saturated rings. The van der Waals surface area contributed by atoms with Crippen LogP contribution in [0.2, 0.25) is 5.02 Å². The number of nitrogens with zero attached hydrogens (tertiary/aromatic N) is 2. The zero-order chi connectivity index (χ0) is 17.3. The molecule has 0 amide bonds. The predicted molar refractivity (Wildman–Crippen MR) is 95.8 cm³/mol. The van der Waals surface area contributed by atoms with Crippen LogP contribution in [0.1, 0.15) is 31.7 Å². The summed E-state index contributed by atoms with van der Waals surface area (Å²) in [7, 11) is 1.75. The van der Waals surface area contributed by atoms with Crippen molar-refractivity contribution in [3.05, 3.63) is 39.1 Å². The highest BCUT2D eigenvalue weighted by Crippen LogP contribution is 2.35. The van der Waals surface area contributed by atoms with E-state index in [1.54, 1.807) is 25.3 Å². The van der Waals surface area contributed by atoms with Gasteiger partial charge in [-0.2, -0.15) is 5.26 Å². The highest BCUT2D eigenvalue weighted by molar-refractivity contribution is 6.31. The van der Waals surface area contributed by atoms with Crippen molar-refractivity contribution in [2.45, 2.75) is 31.8 Å². The summed E-state index contributed by atoms with van der Waals surface area (Å²) in [6, 6.07) is 7.38. The van der Waals surface area contributed by atoms with E-state index in [0.29, 0.717) is 16.2 Å². The van der Waals surface area contributed by atoms with Gasteiger partial charge in [0.15, 0.2) is 0 Å². The Bertz CT molecular complexity index is 855. The molecule has 3 rings (SSSR count). The zero-order valence-corrected chi connectivity index (χ0v) is 14.6. The van der Waals surface area contributed by atoms with E-state index in [-0.39, 0.29) is 16.7 Å². The maximum absolute atomic E-state index is 12.3. The van der Waals surface area contributed by atoms with Crippen LogP contribution < -0.4 is 10.5 Å². The van der Waals surface area contributed by atoms with E-state index < -0.39 is 0 Å². The number of anilines is 1. The van der Waals surface area contributed by atoms with Crippen LogP contribution in [0.25, 0.3) is 10.9 Å². The average Bonchev–Trinajstić information content (AvgIpc) is 2.61. The molecule has 6 heteroatoms. The van der Waals surface area contributed by atoms with Crippen LogP contribution in [0.3, 0.4) is 0 Å². The zero-order valence-electron chi connectivity index (χ0n) is 13.9. The molecule has 0 radical (unpaired) electrons. The average molecular weight is 346 g/mol. The highest BCUT2D eigenvalue weighted by Gasteiger charge is 2.34. The number of pyridine rings is 1. The molecule has 1 N–H and O–H groups in total. The smallest absolute Gasteiger partial charge is 0.268 e. The van der Waals surface area contributed by atoms with Crippen molar-refractivity contribution in [2.24, 2.45) is 0 Å². The monoisotopic (exact) mass is 345 g/mol. The lowest BCUT2D eigenvalue weighted by atomic mass is 9.88. The third-order valence-corrected chi connectivity index (χ3v) is 5.36. The molecule has 5 nitrogen and oxygen atoms in total. The Morgan fingerprint density at radius 3 is 2.71 bits per heavy atom. The molecule has 2 aromatic rings. The second kappa shape index (κ2) is 6.46. The second-order valence-corrected chi connectivity index (χ2v) is 6.64. The minimum absolute atomic E-state index is 0.113. The number of benzene rings is 1. The third-order valence-electron chi connectivity index (χ3n) is 5.13. The molecule has 1 saturated heterocycles. The molecular formula is C18H20ClN3O2. The summed E-state index contributed by atoms with van der Waals surface area (Å²) < 4.78 is 5.72. The first-order chi connectivity index (χ1) is 11.5. The summed E-state index contributed by atoms with van der Waals surface area (Å²) in [6.07, 6.45) is 2.67. The number of nitrogens with one attached hydrogen (secondary N) is 1. The van der Waals surface area contributed by atoms with Gasteiger partial charge < -0.3 is 14.6 Å². The van der Waals surface area contributed by atoms with E-state index in [0.717, 1.165) is 37.7 Å². The van der Waals surface area contributed by atoms with E-state index in [1.165, 1.54) is 0 Å². The standard InChI is InChI=1S/C18H20ClN3O2/c1-3-18(24-2)6-8-22(9-7-18)16-13-10-12(19)4-5-15(13)21-17(23)14(16)11-20/h4-5,10H,3,6-9H2,1-2H3,(H,21,23). The molecule has 0 aliphatic carbocycles. The van der Waals surface area contributed by atoms with Crippen molar-refractivity contribution < 1.29 is 4.74 Å². The van der Waals surface area contributed by atoms with Crippen molar-refractivity contribution in [1.29, 1.82) is 5.26 Å². The molecule has 0 unspecified atom stereocenters. The number of nitriles is 1. The lowest BCUT2D eigenvalue weighted by Gasteiger charge is -2.41. The van der Waals surface area contributed by atoms with Gasteiger partial charge in [-0.1, -0.05) is 18.5 Å². The van der Waals surface area contributed by atoms with E-state index >= 15 is 0 Å². The van der Waals surface area contributed by atoms with E-state index in [2.05, 4.69) is 22.9 Å². The number of aromatic nitrogens is 1. The molecule has 1 aliphatic heterocycles. The van der Waals surface area contributed by atoms with Crippen LogP contribution in [0.5, 0.6) is 0 Å². The van der Waals surface area contributed by atoms with Crippen molar-refractivity contribution in [1.82, 2.24) is 4.98 Å². The lowest BCUT2D eigenvalue weighted by molar-refractivity contribution is -0.0322. The van der Waals surface area contributed by atoms with Gasteiger partial charge in [0, 0.05) is 30.6 Å². The van der Waals surface area contributed by atoms with Crippen molar-refractivity contribution in [3.8, 4) is 6.07 Å². The molecule has 0 spiro atoms. The van der Waals surface area contributed by atoms with Crippen LogP contribution in [0.4, 0.5) is 5.69 Å².